The summed E-state index contributed by atoms with van der Waals surface area (Å²) in [7, 11) is 0. The van der Waals surface area contributed by atoms with Crippen molar-refractivity contribution in [2.24, 2.45) is 0 Å². The van der Waals surface area contributed by atoms with Gasteiger partial charge in [0, 0.05) is 12.0 Å². The van der Waals surface area contributed by atoms with Crippen molar-refractivity contribution in [1.29, 1.82) is 0 Å². The molecule has 0 aromatic heterocycles. The van der Waals surface area contributed by atoms with Crippen molar-refractivity contribution < 1.29 is 9.59 Å². The van der Waals surface area contributed by atoms with Gasteiger partial charge in [0.25, 0.3) is 5.91 Å². The molecule has 3 nitrogen and oxygen atoms in total. The Balaban J connectivity index is 2.01. The lowest BCUT2D eigenvalue weighted by Crippen LogP contribution is -2.42. The molecule has 0 fully saturated rings. The number of benzene rings is 1. The van der Waals surface area contributed by atoms with Gasteiger partial charge in [-0.25, -0.2) is 4.90 Å². The Morgan fingerprint density at radius 3 is 2.68 bits per heavy atom. The summed E-state index contributed by atoms with van der Waals surface area (Å²) in [5.74, 6) is -0.187. The lowest BCUT2D eigenvalue weighted by Gasteiger charge is -2.31. The predicted molar refractivity (Wildman–Crippen MR) is 73.8 cm³/mol. The highest BCUT2D eigenvalue weighted by Gasteiger charge is 2.34. The normalized spacial score (nSPS) is 19.7. The molecular weight excluding hydrogens is 238 g/mol. The summed E-state index contributed by atoms with van der Waals surface area (Å²) >= 11 is 0. The van der Waals surface area contributed by atoms with Gasteiger partial charge in [-0.3, -0.25) is 9.59 Å². The molecule has 1 heterocycles. The number of hydrogen-bond donors (Lipinski definition) is 0. The van der Waals surface area contributed by atoms with E-state index < -0.39 is 0 Å². The maximum atomic E-state index is 12.5. The van der Waals surface area contributed by atoms with Gasteiger partial charge in [0.05, 0.1) is 5.69 Å². The van der Waals surface area contributed by atoms with Crippen molar-refractivity contribution in [3.05, 3.63) is 41.0 Å². The Morgan fingerprint density at radius 1 is 1.11 bits per heavy atom. The third kappa shape index (κ3) is 2.09. The molecule has 0 saturated carbocycles. The standard InChI is InChI=1S/C16H17NO2/c1-11-5-4-7-13(9-11)17-15(18)10-12-6-2-3-8-14(12)16(17)19/h4-5,7,9H,2-3,6,8,10H2,1H3. The lowest BCUT2D eigenvalue weighted by atomic mass is 9.86. The molecule has 3 heteroatoms. The molecule has 1 aromatic rings. The molecule has 98 valence electrons. The van der Waals surface area contributed by atoms with Crippen LogP contribution in [0.15, 0.2) is 35.4 Å². The van der Waals surface area contributed by atoms with E-state index in [-0.39, 0.29) is 11.8 Å². The van der Waals surface area contributed by atoms with Gasteiger partial charge in [-0.1, -0.05) is 17.7 Å². The number of amides is 2. The average Bonchev–Trinajstić information content (AvgIpc) is 2.39. The summed E-state index contributed by atoms with van der Waals surface area (Å²) in [6.45, 7) is 1.97. The smallest absolute Gasteiger partial charge is 0.260 e. The maximum absolute atomic E-state index is 12.5. The van der Waals surface area contributed by atoms with Crippen LogP contribution in [0.4, 0.5) is 5.69 Å². The number of anilines is 1. The number of imide groups is 1. The Kier molecular flexibility index (Phi) is 2.97. The van der Waals surface area contributed by atoms with Crippen molar-refractivity contribution in [3.8, 4) is 0 Å². The first-order valence-electron chi connectivity index (χ1n) is 6.81. The number of nitrogens with zero attached hydrogens (tertiary/aromatic N) is 1. The molecule has 0 saturated heterocycles. The van der Waals surface area contributed by atoms with Gasteiger partial charge in [0.15, 0.2) is 0 Å². The zero-order chi connectivity index (χ0) is 13.4. The first-order chi connectivity index (χ1) is 9.16. The quantitative estimate of drug-likeness (QED) is 0.723. The summed E-state index contributed by atoms with van der Waals surface area (Å²) in [4.78, 5) is 26.1. The van der Waals surface area contributed by atoms with Crippen LogP contribution in [0.3, 0.4) is 0 Å². The minimum absolute atomic E-state index is 0.0868. The molecule has 2 amide bonds. The molecule has 0 unspecified atom stereocenters. The van der Waals surface area contributed by atoms with Gasteiger partial charge in [-0.15, -0.1) is 0 Å². The topological polar surface area (TPSA) is 37.4 Å². The van der Waals surface area contributed by atoms with Crippen LogP contribution >= 0.6 is 0 Å². The highest BCUT2D eigenvalue weighted by Crippen LogP contribution is 2.34. The molecule has 1 aliphatic heterocycles. The van der Waals surface area contributed by atoms with E-state index in [1.54, 1.807) is 0 Å². The van der Waals surface area contributed by atoms with Crippen LogP contribution in [0.1, 0.15) is 37.7 Å². The molecular formula is C16H17NO2. The molecule has 2 aliphatic rings. The number of rotatable bonds is 1. The second-order valence-electron chi connectivity index (χ2n) is 5.34. The highest BCUT2D eigenvalue weighted by atomic mass is 16.2. The number of carbonyl (C=O) groups is 2. The monoisotopic (exact) mass is 255 g/mol. The van der Waals surface area contributed by atoms with Crippen molar-refractivity contribution in [2.45, 2.75) is 39.0 Å². The minimum atomic E-state index is -0.100. The van der Waals surface area contributed by atoms with Gasteiger partial charge in [-0.05, 0) is 50.3 Å². The molecule has 0 radical (unpaired) electrons. The third-order valence-corrected chi connectivity index (χ3v) is 3.92. The Hall–Kier alpha value is -1.90. The minimum Gasteiger partial charge on any atom is -0.274 e. The molecule has 19 heavy (non-hydrogen) atoms. The van der Waals surface area contributed by atoms with E-state index in [0.29, 0.717) is 12.1 Å². The predicted octanol–water partition coefficient (Wildman–Crippen LogP) is 3.13. The fraction of sp³-hybridized carbons (Fsp3) is 0.375. The number of aryl methyl sites for hydroxylation is 1. The lowest BCUT2D eigenvalue weighted by molar-refractivity contribution is -0.125. The third-order valence-electron chi connectivity index (χ3n) is 3.92. The highest BCUT2D eigenvalue weighted by molar-refractivity contribution is 6.24. The summed E-state index contributed by atoms with van der Waals surface area (Å²) in [6.07, 6.45) is 4.30. The second kappa shape index (κ2) is 4.65. The molecule has 0 spiro atoms. The van der Waals surface area contributed by atoms with E-state index in [0.717, 1.165) is 42.4 Å². The summed E-state index contributed by atoms with van der Waals surface area (Å²) in [6, 6.07) is 7.57. The fourth-order valence-electron chi connectivity index (χ4n) is 2.96. The zero-order valence-electron chi connectivity index (χ0n) is 11.1. The molecule has 0 N–H and O–H groups in total. The van der Waals surface area contributed by atoms with E-state index in [1.807, 2.05) is 31.2 Å². The molecule has 3 rings (SSSR count). The van der Waals surface area contributed by atoms with Gasteiger partial charge in [-0.2, -0.15) is 0 Å². The Bertz CT molecular complexity index is 586. The molecule has 1 aromatic carbocycles. The van der Waals surface area contributed by atoms with Crippen molar-refractivity contribution in [2.75, 3.05) is 4.90 Å². The van der Waals surface area contributed by atoms with Crippen molar-refractivity contribution >= 4 is 17.5 Å². The summed E-state index contributed by atoms with van der Waals surface area (Å²) in [5.41, 5.74) is 3.71. The molecule has 0 bridgehead atoms. The van der Waals surface area contributed by atoms with E-state index in [4.69, 9.17) is 0 Å². The van der Waals surface area contributed by atoms with Crippen LogP contribution in [0.25, 0.3) is 0 Å². The van der Waals surface area contributed by atoms with Crippen LogP contribution in [-0.4, -0.2) is 11.8 Å². The van der Waals surface area contributed by atoms with E-state index >= 15 is 0 Å². The van der Waals surface area contributed by atoms with Gasteiger partial charge in [0.1, 0.15) is 0 Å². The number of hydrogen-bond acceptors (Lipinski definition) is 2. The van der Waals surface area contributed by atoms with Crippen molar-refractivity contribution in [3.63, 3.8) is 0 Å². The largest absolute Gasteiger partial charge is 0.274 e. The average molecular weight is 255 g/mol. The Morgan fingerprint density at radius 2 is 1.89 bits per heavy atom. The summed E-state index contributed by atoms with van der Waals surface area (Å²) in [5, 5.41) is 0. The second-order valence-corrected chi connectivity index (χ2v) is 5.34. The van der Waals surface area contributed by atoms with Crippen LogP contribution in [0, 0.1) is 6.92 Å². The van der Waals surface area contributed by atoms with Crippen LogP contribution in [0.5, 0.6) is 0 Å². The van der Waals surface area contributed by atoms with Gasteiger partial charge in [0.2, 0.25) is 5.91 Å². The first-order valence-corrected chi connectivity index (χ1v) is 6.81. The van der Waals surface area contributed by atoms with Gasteiger partial charge >= 0.3 is 0 Å². The van der Waals surface area contributed by atoms with Gasteiger partial charge < -0.3 is 0 Å². The van der Waals surface area contributed by atoms with E-state index in [2.05, 4.69) is 0 Å². The van der Waals surface area contributed by atoms with E-state index in [9.17, 15) is 9.59 Å². The zero-order valence-corrected chi connectivity index (χ0v) is 11.1. The first kappa shape index (κ1) is 12.2. The van der Waals surface area contributed by atoms with Crippen LogP contribution < -0.4 is 4.90 Å². The molecule has 1 aliphatic carbocycles. The van der Waals surface area contributed by atoms with Crippen LogP contribution in [-0.2, 0) is 9.59 Å². The molecule has 0 atom stereocenters. The summed E-state index contributed by atoms with van der Waals surface area (Å²) < 4.78 is 0. The number of carbonyl (C=O) groups excluding carboxylic acids is 2. The Labute approximate surface area is 112 Å². The van der Waals surface area contributed by atoms with Crippen molar-refractivity contribution in [1.82, 2.24) is 0 Å². The SMILES string of the molecule is Cc1cccc(N2C(=O)CC3=C(CCCC3)C2=O)c1. The van der Waals surface area contributed by atoms with Crippen LogP contribution in [0.2, 0.25) is 0 Å². The maximum Gasteiger partial charge on any atom is 0.260 e. The van der Waals surface area contributed by atoms with E-state index in [1.165, 1.54) is 4.90 Å². The fourth-order valence-corrected chi connectivity index (χ4v) is 2.96.